The zero-order valence-electron chi connectivity index (χ0n) is 18.5. The lowest BCUT2D eigenvalue weighted by Crippen LogP contribution is -2.55. The predicted molar refractivity (Wildman–Crippen MR) is 128 cm³/mol. The molecule has 186 valence electrons. The van der Waals surface area contributed by atoms with Crippen molar-refractivity contribution in [1.29, 1.82) is 0 Å². The highest BCUT2D eigenvalue weighted by molar-refractivity contribution is 7.90. The first-order valence-corrected chi connectivity index (χ1v) is 12.5. The Bertz CT molecular complexity index is 1500. The molecule has 1 saturated heterocycles. The number of anilines is 2. The molecule has 12 heteroatoms. The fraction of sp³-hybridized carbons (Fsp3) is 0.167. The van der Waals surface area contributed by atoms with Gasteiger partial charge in [-0.15, -0.1) is 0 Å². The summed E-state index contributed by atoms with van der Waals surface area (Å²) in [6.45, 7) is 0.135. The van der Waals surface area contributed by atoms with E-state index in [4.69, 9.17) is 11.6 Å². The topological polar surface area (TPSA) is 64.1 Å². The average molecular weight is 539 g/mol. The maximum Gasteiger partial charge on any atom is 0.219 e. The molecular formula is C24H16ClF5N4OS. The van der Waals surface area contributed by atoms with Gasteiger partial charge in [0.25, 0.3) is 0 Å². The number of fused-ring (bicyclic) bond motifs is 1. The molecule has 36 heavy (non-hydrogen) atoms. The van der Waals surface area contributed by atoms with E-state index < -0.39 is 50.8 Å². The molecule has 1 aromatic heterocycles. The molecule has 0 aliphatic carbocycles. The van der Waals surface area contributed by atoms with Gasteiger partial charge in [0.2, 0.25) is 16.5 Å². The predicted octanol–water partition coefficient (Wildman–Crippen LogP) is 5.68. The van der Waals surface area contributed by atoms with Crippen LogP contribution in [0.1, 0.15) is 0 Å². The summed E-state index contributed by atoms with van der Waals surface area (Å²) in [5.41, 5.74) is 0.689. The van der Waals surface area contributed by atoms with Crippen LogP contribution in [-0.2, 0) is 11.2 Å². The summed E-state index contributed by atoms with van der Waals surface area (Å²) in [5.74, 6) is -7.29. The molecule has 1 fully saturated rings. The molecule has 1 unspecified atom stereocenters. The van der Waals surface area contributed by atoms with Crippen LogP contribution in [0.3, 0.4) is 0 Å². The smallest absolute Gasteiger partial charge is 0.219 e. The average Bonchev–Trinajstić information content (AvgIpc) is 2.82. The minimum Gasteiger partial charge on any atom is -0.612 e. The van der Waals surface area contributed by atoms with E-state index in [-0.39, 0.29) is 24.2 Å². The van der Waals surface area contributed by atoms with Crippen molar-refractivity contribution >= 4 is 45.2 Å². The minimum absolute atomic E-state index is 0.0676. The van der Waals surface area contributed by atoms with Crippen molar-refractivity contribution < 1.29 is 26.5 Å². The third kappa shape index (κ3) is 4.10. The van der Waals surface area contributed by atoms with Gasteiger partial charge >= 0.3 is 0 Å². The van der Waals surface area contributed by atoms with Crippen LogP contribution < -0.4 is 10.2 Å². The number of aromatic nitrogens is 2. The van der Waals surface area contributed by atoms with E-state index in [1.165, 1.54) is 17.3 Å². The summed E-state index contributed by atoms with van der Waals surface area (Å²) in [6.07, 6.45) is 2.36. The fourth-order valence-electron chi connectivity index (χ4n) is 4.17. The first-order chi connectivity index (χ1) is 17.2. The molecule has 1 N–H and O–H groups in total. The molecule has 1 aliphatic rings. The monoisotopic (exact) mass is 538 g/mol. The lowest BCUT2D eigenvalue weighted by Gasteiger charge is -2.42. The molecule has 0 bridgehead atoms. The zero-order chi connectivity index (χ0) is 25.7. The van der Waals surface area contributed by atoms with E-state index in [2.05, 4.69) is 15.3 Å². The molecule has 4 aromatic rings. The second kappa shape index (κ2) is 9.38. The molecule has 3 aromatic carbocycles. The van der Waals surface area contributed by atoms with Crippen LogP contribution in [0.2, 0.25) is 5.02 Å². The maximum atomic E-state index is 14.5. The number of benzene rings is 3. The number of nitrogens with zero attached hydrogens (tertiary/aromatic N) is 3. The SMILES string of the molecule is C[S+]([O-])c1c(F)c(F)c(F)c(F)c1N1CC(Nc2ncnc3cc(-c4ccccc4F)c(Cl)cc23)C1. The van der Waals surface area contributed by atoms with Crippen molar-refractivity contribution in [2.24, 2.45) is 0 Å². The van der Waals surface area contributed by atoms with Crippen LogP contribution in [0.25, 0.3) is 22.0 Å². The molecule has 0 radical (unpaired) electrons. The van der Waals surface area contributed by atoms with Gasteiger partial charge in [0.15, 0.2) is 11.6 Å². The van der Waals surface area contributed by atoms with Crippen LogP contribution in [0, 0.1) is 29.1 Å². The quantitative estimate of drug-likeness (QED) is 0.153. The molecule has 1 atom stereocenters. The fourth-order valence-corrected chi connectivity index (χ4v) is 5.27. The van der Waals surface area contributed by atoms with Crippen LogP contribution in [0.15, 0.2) is 47.6 Å². The van der Waals surface area contributed by atoms with Gasteiger partial charge in [-0.3, -0.25) is 0 Å². The van der Waals surface area contributed by atoms with Crippen molar-refractivity contribution in [3.63, 3.8) is 0 Å². The van der Waals surface area contributed by atoms with Crippen molar-refractivity contribution in [3.05, 3.63) is 76.8 Å². The molecule has 1 aliphatic heterocycles. The van der Waals surface area contributed by atoms with Gasteiger partial charge in [0.1, 0.15) is 29.9 Å². The summed E-state index contributed by atoms with van der Waals surface area (Å²) in [7, 11) is 0. The van der Waals surface area contributed by atoms with E-state index in [0.29, 0.717) is 27.8 Å². The maximum absolute atomic E-state index is 14.5. The molecule has 2 heterocycles. The first kappa shape index (κ1) is 24.5. The molecule has 0 saturated carbocycles. The van der Waals surface area contributed by atoms with Crippen molar-refractivity contribution in [1.82, 2.24) is 9.97 Å². The lowest BCUT2D eigenvalue weighted by atomic mass is 10.0. The van der Waals surface area contributed by atoms with Crippen LogP contribution in [-0.4, -0.2) is 39.9 Å². The van der Waals surface area contributed by atoms with Crippen molar-refractivity contribution in [2.75, 3.05) is 29.6 Å². The first-order valence-electron chi connectivity index (χ1n) is 10.6. The minimum atomic E-state index is -2.11. The molecule has 0 amide bonds. The Balaban J connectivity index is 1.42. The Morgan fingerprint density at radius 2 is 1.67 bits per heavy atom. The Morgan fingerprint density at radius 3 is 2.36 bits per heavy atom. The number of halogens is 6. The van der Waals surface area contributed by atoms with Gasteiger partial charge in [-0.2, -0.15) is 4.39 Å². The van der Waals surface area contributed by atoms with E-state index >= 15 is 0 Å². The highest BCUT2D eigenvalue weighted by Gasteiger charge is 2.39. The highest BCUT2D eigenvalue weighted by atomic mass is 35.5. The van der Waals surface area contributed by atoms with E-state index in [9.17, 15) is 26.5 Å². The summed E-state index contributed by atoms with van der Waals surface area (Å²) in [6, 6.07) is 9.08. The van der Waals surface area contributed by atoms with Gasteiger partial charge in [0, 0.05) is 34.6 Å². The van der Waals surface area contributed by atoms with Gasteiger partial charge in [-0.05, 0) is 29.4 Å². The van der Waals surface area contributed by atoms with E-state index in [0.717, 1.165) is 6.26 Å². The van der Waals surface area contributed by atoms with Crippen molar-refractivity contribution in [2.45, 2.75) is 10.9 Å². The molecule has 0 spiro atoms. The normalized spacial score (nSPS) is 14.7. The van der Waals surface area contributed by atoms with Crippen LogP contribution in [0.5, 0.6) is 0 Å². The number of rotatable bonds is 5. The molecule has 5 rings (SSSR count). The summed E-state index contributed by atoms with van der Waals surface area (Å²) in [4.78, 5) is 9.00. The third-order valence-electron chi connectivity index (χ3n) is 5.91. The molecular weight excluding hydrogens is 523 g/mol. The number of nitrogens with one attached hydrogen (secondary N) is 1. The summed E-state index contributed by atoms with van der Waals surface area (Å²) >= 11 is 4.34. The van der Waals surface area contributed by atoms with Gasteiger partial charge < -0.3 is 14.8 Å². The number of hydrogen-bond acceptors (Lipinski definition) is 5. The molecule has 5 nitrogen and oxygen atoms in total. The van der Waals surface area contributed by atoms with Gasteiger partial charge in [-0.1, -0.05) is 29.8 Å². The van der Waals surface area contributed by atoms with Gasteiger partial charge in [0.05, 0.1) is 11.6 Å². The number of hydrogen-bond donors (Lipinski definition) is 1. The standard InChI is InChI=1S/C24H16ClF5N4OS/c1-36(35)23-21(30)19(28)18(27)20(29)22(23)34-8-11(9-34)33-24-14-6-15(25)13(7-17(14)31-10-32-24)12-4-2-3-5-16(12)26/h2-7,10-11H,8-9H2,1H3,(H,31,32,33). The van der Waals surface area contributed by atoms with Crippen LogP contribution in [0.4, 0.5) is 33.5 Å². The summed E-state index contributed by atoms with van der Waals surface area (Å²) < 4.78 is 82.6. The van der Waals surface area contributed by atoms with E-state index in [1.54, 1.807) is 30.3 Å². The third-order valence-corrected chi connectivity index (χ3v) is 7.17. The second-order valence-electron chi connectivity index (χ2n) is 8.19. The van der Waals surface area contributed by atoms with Crippen LogP contribution >= 0.6 is 11.6 Å². The largest absolute Gasteiger partial charge is 0.612 e. The van der Waals surface area contributed by atoms with Crippen molar-refractivity contribution in [3.8, 4) is 11.1 Å². The van der Waals surface area contributed by atoms with E-state index in [1.807, 2.05) is 0 Å². The zero-order valence-corrected chi connectivity index (χ0v) is 20.0. The Morgan fingerprint density at radius 1 is 0.972 bits per heavy atom. The highest BCUT2D eigenvalue weighted by Crippen LogP contribution is 2.38. The lowest BCUT2D eigenvalue weighted by molar-refractivity contribution is 0.391. The Hall–Kier alpha value is -3.15. The Kier molecular flexibility index (Phi) is 6.39. The Labute approximate surface area is 210 Å². The second-order valence-corrected chi connectivity index (χ2v) is 9.91. The summed E-state index contributed by atoms with van der Waals surface area (Å²) in [5, 5.41) is 3.96. The van der Waals surface area contributed by atoms with Gasteiger partial charge in [-0.25, -0.2) is 27.5 Å².